The van der Waals surface area contributed by atoms with Crippen molar-refractivity contribution in [3.05, 3.63) is 54.5 Å². The third-order valence-electron chi connectivity index (χ3n) is 5.24. The van der Waals surface area contributed by atoms with Crippen molar-refractivity contribution in [3.63, 3.8) is 0 Å². The van der Waals surface area contributed by atoms with Crippen molar-refractivity contribution in [2.75, 3.05) is 20.3 Å². The van der Waals surface area contributed by atoms with Crippen LogP contribution in [-0.2, 0) is 4.74 Å². The van der Waals surface area contributed by atoms with Gasteiger partial charge in [-0.1, -0.05) is 12.1 Å². The first-order valence-corrected chi connectivity index (χ1v) is 9.46. The fourth-order valence-corrected chi connectivity index (χ4v) is 3.84. The molecule has 0 aliphatic carbocycles. The SMILES string of the molecule is COCCC1CCCCN1C(=O)c1cccc(-c2cnn3cccnc23)c1. The quantitative estimate of drug-likeness (QED) is 0.696. The molecule has 1 aliphatic heterocycles. The minimum absolute atomic E-state index is 0.0992. The predicted octanol–water partition coefficient (Wildman–Crippen LogP) is 3.43. The van der Waals surface area contributed by atoms with E-state index in [0.717, 1.165) is 42.6 Å². The molecule has 2 aromatic heterocycles. The Morgan fingerprint density at radius 3 is 3.11 bits per heavy atom. The molecule has 6 heteroatoms. The lowest BCUT2D eigenvalue weighted by Crippen LogP contribution is -2.44. The lowest BCUT2D eigenvalue weighted by molar-refractivity contribution is 0.0553. The molecule has 0 spiro atoms. The number of hydrogen-bond donors (Lipinski definition) is 0. The number of amides is 1. The summed E-state index contributed by atoms with van der Waals surface area (Å²) in [4.78, 5) is 19.7. The van der Waals surface area contributed by atoms with Crippen molar-refractivity contribution in [3.8, 4) is 11.1 Å². The van der Waals surface area contributed by atoms with E-state index >= 15 is 0 Å². The van der Waals surface area contributed by atoms with E-state index in [-0.39, 0.29) is 11.9 Å². The van der Waals surface area contributed by atoms with Crippen LogP contribution in [0.5, 0.6) is 0 Å². The number of carbonyl (C=O) groups excluding carboxylic acids is 1. The molecule has 0 radical (unpaired) electrons. The minimum Gasteiger partial charge on any atom is -0.385 e. The highest BCUT2D eigenvalue weighted by Gasteiger charge is 2.27. The van der Waals surface area contributed by atoms with Gasteiger partial charge in [-0.15, -0.1) is 0 Å². The van der Waals surface area contributed by atoms with E-state index in [9.17, 15) is 4.79 Å². The molecule has 0 bridgehead atoms. The van der Waals surface area contributed by atoms with Crippen LogP contribution in [0, 0.1) is 0 Å². The van der Waals surface area contributed by atoms with Gasteiger partial charge in [0.25, 0.3) is 5.91 Å². The molecule has 1 saturated heterocycles. The van der Waals surface area contributed by atoms with Gasteiger partial charge in [0.05, 0.1) is 6.20 Å². The molecule has 1 fully saturated rings. The number of hydrogen-bond acceptors (Lipinski definition) is 4. The zero-order valence-electron chi connectivity index (χ0n) is 15.5. The zero-order chi connectivity index (χ0) is 18.6. The van der Waals surface area contributed by atoms with Crippen LogP contribution in [0.25, 0.3) is 16.8 Å². The van der Waals surface area contributed by atoms with Gasteiger partial charge in [0, 0.05) is 49.8 Å². The van der Waals surface area contributed by atoms with Crippen LogP contribution in [0.2, 0.25) is 0 Å². The summed E-state index contributed by atoms with van der Waals surface area (Å²) in [7, 11) is 1.71. The smallest absolute Gasteiger partial charge is 0.254 e. The molecule has 1 aliphatic rings. The summed E-state index contributed by atoms with van der Waals surface area (Å²) >= 11 is 0. The van der Waals surface area contributed by atoms with E-state index in [1.165, 1.54) is 6.42 Å². The summed E-state index contributed by atoms with van der Waals surface area (Å²) < 4.78 is 6.98. The Balaban J connectivity index is 1.62. The summed E-state index contributed by atoms with van der Waals surface area (Å²) in [5, 5.41) is 4.35. The Bertz CT molecular complexity index is 937. The molecule has 3 aromatic rings. The number of benzene rings is 1. The van der Waals surface area contributed by atoms with Gasteiger partial charge in [-0.3, -0.25) is 4.79 Å². The number of nitrogens with zero attached hydrogens (tertiary/aromatic N) is 4. The fourth-order valence-electron chi connectivity index (χ4n) is 3.84. The van der Waals surface area contributed by atoms with Crippen molar-refractivity contribution in [1.29, 1.82) is 0 Å². The van der Waals surface area contributed by atoms with Crippen LogP contribution in [0.4, 0.5) is 0 Å². The van der Waals surface area contributed by atoms with Crippen molar-refractivity contribution < 1.29 is 9.53 Å². The number of fused-ring (bicyclic) bond motifs is 1. The number of aromatic nitrogens is 3. The topological polar surface area (TPSA) is 59.7 Å². The van der Waals surface area contributed by atoms with Crippen molar-refractivity contribution >= 4 is 11.6 Å². The Labute approximate surface area is 158 Å². The fraction of sp³-hybridized carbons (Fsp3) is 0.381. The summed E-state index contributed by atoms with van der Waals surface area (Å²) in [6.45, 7) is 1.50. The number of ether oxygens (including phenoxy) is 1. The van der Waals surface area contributed by atoms with E-state index in [1.807, 2.05) is 41.4 Å². The summed E-state index contributed by atoms with van der Waals surface area (Å²) in [6, 6.07) is 9.89. The van der Waals surface area contributed by atoms with E-state index in [1.54, 1.807) is 24.0 Å². The maximum atomic E-state index is 13.2. The van der Waals surface area contributed by atoms with Crippen LogP contribution in [-0.4, -0.2) is 51.7 Å². The summed E-state index contributed by atoms with van der Waals surface area (Å²) in [6.07, 6.45) is 9.60. The molecule has 1 aromatic carbocycles. The van der Waals surface area contributed by atoms with Crippen LogP contribution in [0.1, 0.15) is 36.0 Å². The van der Waals surface area contributed by atoms with Crippen molar-refractivity contribution in [1.82, 2.24) is 19.5 Å². The Morgan fingerprint density at radius 2 is 2.22 bits per heavy atom. The standard InChI is InChI=1S/C21H24N4O2/c1-27-13-9-18-8-2-3-11-24(18)21(26)17-7-4-6-16(14-17)19-15-23-25-12-5-10-22-20(19)25/h4-7,10,12,14-15,18H,2-3,8-9,11,13H2,1H3. The molecule has 0 N–H and O–H groups in total. The highest BCUT2D eigenvalue weighted by atomic mass is 16.5. The van der Waals surface area contributed by atoms with Crippen LogP contribution >= 0.6 is 0 Å². The molecule has 3 heterocycles. The van der Waals surface area contributed by atoms with Gasteiger partial charge in [-0.05, 0) is 49.4 Å². The predicted molar refractivity (Wildman–Crippen MR) is 104 cm³/mol. The molecular formula is C21H24N4O2. The normalized spacial score (nSPS) is 17.4. The van der Waals surface area contributed by atoms with Gasteiger partial charge < -0.3 is 9.64 Å². The number of piperidine rings is 1. The molecule has 1 unspecified atom stereocenters. The molecule has 0 saturated carbocycles. The van der Waals surface area contributed by atoms with Gasteiger partial charge in [0.2, 0.25) is 0 Å². The first-order chi connectivity index (χ1) is 13.3. The van der Waals surface area contributed by atoms with Gasteiger partial charge in [-0.2, -0.15) is 5.10 Å². The van der Waals surface area contributed by atoms with E-state index in [4.69, 9.17) is 4.74 Å². The third-order valence-corrected chi connectivity index (χ3v) is 5.24. The van der Waals surface area contributed by atoms with Crippen molar-refractivity contribution in [2.45, 2.75) is 31.7 Å². The second-order valence-corrected chi connectivity index (χ2v) is 6.96. The Kier molecular flexibility index (Phi) is 5.16. The molecule has 27 heavy (non-hydrogen) atoms. The number of rotatable bonds is 5. The number of methoxy groups -OCH3 is 1. The van der Waals surface area contributed by atoms with Gasteiger partial charge >= 0.3 is 0 Å². The lowest BCUT2D eigenvalue weighted by Gasteiger charge is -2.36. The van der Waals surface area contributed by atoms with Crippen molar-refractivity contribution in [2.24, 2.45) is 0 Å². The average molecular weight is 364 g/mol. The monoisotopic (exact) mass is 364 g/mol. The average Bonchev–Trinajstić information content (AvgIpc) is 3.16. The van der Waals surface area contributed by atoms with Crippen LogP contribution < -0.4 is 0 Å². The lowest BCUT2D eigenvalue weighted by atomic mass is 9.97. The second kappa shape index (κ2) is 7.88. The molecular weight excluding hydrogens is 340 g/mol. The molecule has 4 rings (SSSR count). The van der Waals surface area contributed by atoms with E-state index < -0.39 is 0 Å². The molecule has 1 atom stereocenters. The number of likely N-dealkylation sites (tertiary alicyclic amines) is 1. The number of carbonyl (C=O) groups is 1. The molecule has 1 amide bonds. The first-order valence-electron chi connectivity index (χ1n) is 9.46. The Morgan fingerprint density at radius 1 is 1.30 bits per heavy atom. The highest BCUT2D eigenvalue weighted by Crippen LogP contribution is 2.26. The minimum atomic E-state index is 0.0992. The van der Waals surface area contributed by atoms with E-state index in [2.05, 4.69) is 10.1 Å². The van der Waals surface area contributed by atoms with Crippen LogP contribution in [0.3, 0.4) is 0 Å². The highest BCUT2D eigenvalue weighted by molar-refractivity contribution is 5.96. The Hall–Kier alpha value is -2.73. The second-order valence-electron chi connectivity index (χ2n) is 6.96. The van der Waals surface area contributed by atoms with Gasteiger partial charge in [0.15, 0.2) is 5.65 Å². The summed E-state index contributed by atoms with van der Waals surface area (Å²) in [5.41, 5.74) is 3.39. The maximum absolute atomic E-state index is 13.2. The largest absolute Gasteiger partial charge is 0.385 e. The maximum Gasteiger partial charge on any atom is 0.254 e. The third kappa shape index (κ3) is 3.57. The first kappa shape index (κ1) is 17.7. The van der Waals surface area contributed by atoms with Crippen LogP contribution in [0.15, 0.2) is 48.9 Å². The molecule has 6 nitrogen and oxygen atoms in total. The summed E-state index contributed by atoms with van der Waals surface area (Å²) in [5.74, 6) is 0.0992. The van der Waals surface area contributed by atoms with Gasteiger partial charge in [-0.25, -0.2) is 9.50 Å². The zero-order valence-corrected chi connectivity index (χ0v) is 15.5. The van der Waals surface area contributed by atoms with E-state index in [0.29, 0.717) is 12.2 Å². The van der Waals surface area contributed by atoms with Gasteiger partial charge in [0.1, 0.15) is 0 Å². The molecule has 140 valence electrons.